The fourth-order valence-electron chi connectivity index (χ4n) is 1.53. The van der Waals surface area contributed by atoms with Gasteiger partial charge in [-0.1, -0.05) is 4.68 Å². The molecular weight excluding hydrogens is 325 g/mol. The summed E-state index contributed by atoms with van der Waals surface area (Å²) in [5.74, 6) is -1.89. The van der Waals surface area contributed by atoms with Crippen LogP contribution in [0.15, 0.2) is 30.7 Å². The van der Waals surface area contributed by atoms with Crippen LogP contribution in [0.4, 0.5) is 13.2 Å². The number of halogens is 3. The minimum atomic E-state index is -4.65. The molecule has 2 aromatic rings. The molecule has 0 radical (unpaired) electrons. The van der Waals surface area contributed by atoms with Gasteiger partial charge in [0.15, 0.2) is 12.7 Å². The highest BCUT2D eigenvalue weighted by Crippen LogP contribution is 2.27. The highest BCUT2D eigenvalue weighted by atomic mass is 32.2. The summed E-state index contributed by atoms with van der Waals surface area (Å²) in [5, 5.41) is 3.82. The smallest absolute Gasteiger partial charge is 0.451 e. The van der Waals surface area contributed by atoms with Crippen LogP contribution in [0.1, 0.15) is 5.82 Å². The Morgan fingerprint density at radius 2 is 2.00 bits per heavy atom. The fraction of sp³-hybridized carbons (Fsp3) is 0.273. The first-order valence-electron chi connectivity index (χ1n) is 5.85. The highest BCUT2D eigenvalue weighted by molar-refractivity contribution is 7.85. The third-order valence-electron chi connectivity index (χ3n) is 2.55. The van der Waals surface area contributed by atoms with E-state index in [9.17, 15) is 26.1 Å². The van der Waals surface area contributed by atoms with Gasteiger partial charge in [0.25, 0.3) is 0 Å². The van der Waals surface area contributed by atoms with Crippen molar-refractivity contribution < 1.29 is 30.8 Å². The second kappa shape index (κ2) is 5.93. The maximum absolute atomic E-state index is 12.5. The van der Waals surface area contributed by atoms with E-state index in [0.717, 1.165) is 6.20 Å². The number of rotatable bonds is 4. The van der Waals surface area contributed by atoms with E-state index >= 15 is 0 Å². The summed E-state index contributed by atoms with van der Waals surface area (Å²) in [7, 11) is -4.36. The molecule has 0 saturated heterocycles. The van der Waals surface area contributed by atoms with Gasteiger partial charge >= 0.3 is 6.18 Å². The lowest BCUT2D eigenvalue weighted by Crippen LogP contribution is -2.40. The lowest BCUT2D eigenvalue weighted by atomic mass is 10.2. The van der Waals surface area contributed by atoms with Crippen LogP contribution in [0.25, 0.3) is 11.3 Å². The lowest BCUT2D eigenvalue weighted by Gasteiger charge is -2.06. The van der Waals surface area contributed by atoms with E-state index < -0.39 is 27.9 Å². The first kappa shape index (κ1) is 16.2. The molecule has 0 saturated carbocycles. The topological polar surface area (TPSA) is 99.8 Å². The zero-order chi connectivity index (χ0) is 16.4. The van der Waals surface area contributed by atoms with Crippen LogP contribution >= 0.6 is 0 Å². The molecule has 0 atom stereocenters. The second-order valence-electron chi connectivity index (χ2n) is 4.20. The van der Waals surface area contributed by atoms with Crippen molar-refractivity contribution in [1.29, 1.82) is 0 Å². The van der Waals surface area contributed by atoms with Crippen molar-refractivity contribution in [1.82, 2.24) is 15.1 Å². The molecular formula is C11H9F3N4O3S. The Morgan fingerprint density at radius 3 is 2.55 bits per heavy atom. The minimum Gasteiger partial charge on any atom is -0.748 e. The van der Waals surface area contributed by atoms with Crippen molar-refractivity contribution in [2.24, 2.45) is 0 Å². The Morgan fingerprint density at radius 1 is 1.27 bits per heavy atom. The predicted molar refractivity (Wildman–Crippen MR) is 65.0 cm³/mol. The molecule has 0 aliphatic rings. The Hall–Kier alpha value is -2.14. The van der Waals surface area contributed by atoms with E-state index in [0.29, 0.717) is 5.56 Å². The van der Waals surface area contributed by atoms with Crippen molar-refractivity contribution in [3.63, 3.8) is 0 Å². The molecule has 2 heterocycles. The molecule has 2 aromatic heterocycles. The standard InChI is InChI=1S/C11H9F3N4O3S/c12-11(13,14)10-15-3-1-9(17-10)8-2-4-18(16-7-8)5-6-22(19,20)21/h1-4,7H,5-6H2. The van der Waals surface area contributed by atoms with Crippen LogP contribution < -0.4 is 4.68 Å². The third-order valence-corrected chi connectivity index (χ3v) is 3.23. The summed E-state index contributed by atoms with van der Waals surface area (Å²) in [6.07, 6.45) is -1.10. The number of aromatic nitrogens is 4. The van der Waals surface area contributed by atoms with Crippen LogP contribution in [-0.2, 0) is 22.8 Å². The average molecular weight is 334 g/mol. The van der Waals surface area contributed by atoms with Gasteiger partial charge in [0, 0.05) is 17.8 Å². The summed E-state index contributed by atoms with van der Waals surface area (Å²) < 4.78 is 70.3. The normalized spacial score (nSPS) is 12.4. The second-order valence-corrected chi connectivity index (χ2v) is 5.73. The van der Waals surface area contributed by atoms with Gasteiger partial charge in [-0.3, -0.25) is 0 Å². The summed E-state index contributed by atoms with van der Waals surface area (Å²) >= 11 is 0. The van der Waals surface area contributed by atoms with Crippen LogP contribution in [0.3, 0.4) is 0 Å². The SMILES string of the molecule is O=S(=O)([O-])CC[n+]1ccc(-c2ccnc(C(F)(F)F)n2)cn1. The van der Waals surface area contributed by atoms with E-state index in [1.54, 1.807) is 0 Å². The molecule has 0 N–H and O–H groups in total. The van der Waals surface area contributed by atoms with Crippen LogP contribution in [-0.4, -0.2) is 33.8 Å². The third kappa shape index (κ3) is 4.43. The van der Waals surface area contributed by atoms with Crippen molar-refractivity contribution in [3.8, 4) is 11.3 Å². The first-order valence-corrected chi connectivity index (χ1v) is 7.43. The number of nitrogens with zero attached hydrogens (tertiary/aromatic N) is 4. The minimum absolute atomic E-state index is 0.0263. The van der Waals surface area contributed by atoms with Crippen molar-refractivity contribution in [3.05, 3.63) is 36.5 Å². The highest BCUT2D eigenvalue weighted by Gasteiger charge is 2.34. The predicted octanol–water partition coefficient (Wildman–Crippen LogP) is 0.390. The van der Waals surface area contributed by atoms with Gasteiger partial charge in [-0.05, 0) is 11.2 Å². The van der Waals surface area contributed by atoms with Gasteiger partial charge in [0.05, 0.1) is 11.4 Å². The van der Waals surface area contributed by atoms with Crippen LogP contribution in [0.5, 0.6) is 0 Å². The van der Waals surface area contributed by atoms with E-state index in [1.165, 1.54) is 29.2 Å². The fourth-order valence-corrected chi connectivity index (χ4v) is 1.94. The van der Waals surface area contributed by atoms with Crippen LogP contribution in [0, 0.1) is 0 Å². The lowest BCUT2D eigenvalue weighted by molar-refractivity contribution is -0.750. The Balaban J connectivity index is 2.20. The average Bonchev–Trinajstić information content (AvgIpc) is 2.44. The van der Waals surface area contributed by atoms with E-state index in [2.05, 4.69) is 15.1 Å². The van der Waals surface area contributed by atoms with Gasteiger partial charge in [0.2, 0.25) is 5.82 Å². The van der Waals surface area contributed by atoms with Crippen molar-refractivity contribution in [2.75, 3.05) is 5.75 Å². The van der Waals surface area contributed by atoms with Gasteiger partial charge in [-0.25, -0.2) is 18.4 Å². The van der Waals surface area contributed by atoms with E-state index in [-0.39, 0.29) is 12.2 Å². The maximum atomic E-state index is 12.5. The number of hydrogen-bond acceptors (Lipinski definition) is 6. The number of hydrogen-bond donors (Lipinski definition) is 0. The Bertz CT molecular complexity index is 763. The molecule has 0 spiro atoms. The molecule has 0 bridgehead atoms. The molecule has 0 aliphatic carbocycles. The molecule has 0 amide bonds. The molecule has 11 heteroatoms. The molecule has 7 nitrogen and oxygen atoms in total. The summed E-state index contributed by atoms with van der Waals surface area (Å²) in [4.78, 5) is 6.54. The van der Waals surface area contributed by atoms with Gasteiger partial charge < -0.3 is 4.55 Å². The van der Waals surface area contributed by atoms with Crippen LogP contribution in [0.2, 0.25) is 0 Å². The summed E-state index contributed by atoms with van der Waals surface area (Å²) in [6, 6.07) is 2.70. The van der Waals surface area contributed by atoms with Gasteiger partial charge in [-0.2, -0.15) is 13.2 Å². The first-order chi connectivity index (χ1) is 10.1. The van der Waals surface area contributed by atoms with E-state index in [4.69, 9.17) is 0 Å². The number of alkyl halides is 3. The molecule has 0 fully saturated rings. The van der Waals surface area contributed by atoms with Gasteiger partial charge in [-0.15, -0.1) is 0 Å². The summed E-state index contributed by atoms with van der Waals surface area (Å²) in [5.41, 5.74) is 0.326. The summed E-state index contributed by atoms with van der Waals surface area (Å²) in [6.45, 7) is -0.149. The van der Waals surface area contributed by atoms with Crippen molar-refractivity contribution >= 4 is 10.1 Å². The van der Waals surface area contributed by atoms with Crippen molar-refractivity contribution in [2.45, 2.75) is 12.7 Å². The molecule has 0 aliphatic heterocycles. The number of aryl methyl sites for hydroxylation is 1. The van der Waals surface area contributed by atoms with Gasteiger partial charge in [0.1, 0.15) is 16.3 Å². The molecule has 2 rings (SSSR count). The Kier molecular flexibility index (Phi) is 4.37. The Labute approximate surface area is 123 Å². The van der Waals surface area contributed by atoms with E-state index in [1.807, 2.05) is 0 Å². The zero-order valence-electron chi connectivity index (χ0n) is 10.9. The molecule has 118 valence electrons. The zero-order valence-corrected chi connectivity index (χ0v) is 11.7. The monoisotopic (exact) mass is 334 g/mol. The molecule has 22 heavy (non-hydrogen) atoms. The maximum Gasteiger partial charge on any atom is 0.451 e. The molecule has 0 unspecified atom stereocenters. The molecule has 0 aromatic carbocycles. The quantitative estimate of drug-likeness (QED) is 0.592. The largest absolute Gasteiger partial charge is 0.748 e.